The molecule has 2 saturated heterocycles. The van der Waals surface area contributed by atoms with E-state index in [1.807, 2.05) is 13.0 Å². The van der Waals surface area contributed by atoms with E-state index >= 15 is 0 Å². The summed E-state index contributed by atoms with van der Waals surface area (Å²) in [4.78, 5) is 25.8. The van der Waals surface area contributed by atoms with Gasteiger partial charge in [-0.05, 0) is 36.2 Å². The lowest BCUT2D eigenvalue weighted by atomic mass is 9.96. The number of hydrogen-bond acceptors (Lipinski definition) is 7. The van der Waals surface area contributed by atoms with Gasteiger partial charge >= 0.3 is 11.9 Å². The number of benzene rings is 1. The Morgan fingerprint density at radius 2 is 1.86 bits per heavy atom. The van der Waals surface area contributed by atoms with Crippen molar-refractivity contribution in [1.29, 1.82) is 5.26 Å². The Kier molecular flexibility index (Phi) is 6.18. The number of ether oxygens (including phenoxy) is 1. The molecule has 2 aliphatic rings. The monoisotopic (exact) mass is 498 g/mol. The number of morpholine rings is 1. The fourth-order valence-electron chi connectivity index (χ4n) is 5.18. The average Bonchev–Trinajstić information content (AvgIpc) is 2.88. The van der Waals surface area contributed by atoms with E-state index in [1.165, 1.54) is 16.7 Å². The lowest BCUT2D eigenvalue weighted by Crippen LogP contribution is -2.63. The number of aryl methyl sites for hydroxylation is 1. The molecule has 0 unspecified atom stereocenters. The van der Waals surface area contributed by atoms with Crippen LogP contribution in [-0.2, 0) is 18.0 Å². The fraction of sp³-hybridized carbons (Fsp3) is 0.440. The fourth-order valence-corrected chi connectivity index (χ4v) is 5.18. The van der Waals surface area contributed by atoms with Gasteiger partial charge in [0.2, 0.25) is 0 Å². The first-order valence-corrected chi connectivity index (χ1v) is 11.8. The Bertz CT molecular complexity index is 1380. The minimum Gasteiger partial charge on any atom is -0.378 e. The number of anilines is 1. The zero-order valence-corrected chi connectivity index (χ0v) is 19.9. The lowest BCUT2D eigenvalue weighted by molar-refractivity contribution is -0.137. The molecule has 8 nitrogen and oxygen atoms in total. The molecule has 0 radical (unpaired) electrons. The number of nitrogens with zero attached hydrogens (tertiary/aromatic N) is 6. The van der Waals surface area contributed by atoms with Gasteiger partial charge in [0.05, 0.1) is 36.4 Å². The molecule has 36 heavy (non-hydrogen) atoms. The van der Waals surface area contributed by atoms with Gasteiger partial charge in [-0.1, -0.05) is 19.1 Å². The van der Waals surface area contributed by atoms with Crippen LogP contribution in [0.5, 0.6) is 0 Å². The first-order valence-electron chi connectivity index (χ1n) is 11.8. The van der Waals surface area contributed by atoms with E-state index in [2.05, 4.69) is 19.8 Å². The molecule has 3 aromatic rings. The number of hydrogen-bond donors (Lipinski definition) is 0. The molecule has 188 valence electrons. The summed E-state index contributed by atoms with van der Waals surface area (Å²) in [6.07, 6.45) is -3.63. The van der Waals surface area contributed by atoms with Crippen LogP contribution in [-0.4, -0.2) is 57.8 Å². The van der Waals surface area contributed by atoms with Crippen LogP contribution in [0.15, 0.2) is 41.2 Å². The van der Waals surface area contributed by atoms with E-state index < -0.39 is 17.4 Å². The number of nitriles is 1. The maximum absolute atomic E-state index is 13.1. The van der Waals surface area contributed by atoms with Gasteiger partial charge in [-0.15, -0.1) is 0 Å². The van der Waals surface area contributed by atoms with Crippen LogP contribution < -0.4 is 10.6 Å². The minimum absolute atomic E-state index is 0.0216. The molecule has 11 heteroatoms. The maximum Gasteiger partial charge on any atom is 0.416 e. The summed E-state index contributed by atoms with van der Waals surface area (Å²) in [5.74, 6) is 0.438. The summed E-state index contributed by atoms with van der Waals surface area (Å²) >= 11 is 0. The summed E-state index contributed by atoms with van der Waals surface area (Å²) in [6, 6.07) is 10.3. The van der Waals surface area contributed by atoms with Crippen LogP contribution in [0, 0.1) is 11.3 Å². The normalized spacial score (nSPS) is 22.9. The molecule has 5 rings (SSSR count). The van der Waals surface area contributed by atoms with Gasteiger partial charge in [0, 0.05) is 26.2 Å². The molecule has 3 atom stereocenters. The highest BCUT2D eigenvalue weighted by molar-refractivity contribution is 5.86. The van der Waals surface area contributed by atoms with Gasteiger partial charge in [-0.3, -0.25) is 9.47 Å². The molecule has 2 aliphatic heterocycles. The zero-order chi connectivity index (χ0) is 25.6. The highest BCUT2D eigenvalue weighted by atomic mass is 19.4. The molecule has 1 aromatic carbocycles. The molecule has 0 aliphatic carbocycles. The topological polar surface area (TPSA) is 87.3 Å². The van der Waals surface area contributed by atoms with Crippen molar-refractivity contribution in [3.63, 3.8) is 0 Å². The van der Waals surface area contributed by atoms with E-state index in [4.69, 9.17) is 4.74 Å². The Balaban J connectivity index is 1.50. The minimum atomic E-state index is -4.38. The largest absolute Gasteiger partial charge is 0.416 e. The van der Waals surface area contributed by atoms with Gasteiger partial charge < -0.3 is 9.64 Å². The van der Waals surface area contributed by atoms with E-state index in [1.54, 1.807) is 19.2 Å². The number of piperazine rings is 1. The molecule has 0 spiro atoms. The lowest BCUT2D eigenvalue weighted by Gasteiger charge is -2.51. The molecule has 2 fully saturated rings. The molecule has 0 amide bonds. The zero-order valence-electron chi connectivity index (χ0n) is 19.9. The van der Waals surface area contributed by atoms with Gasteiger partial charge in [-0.25, -0.2) is 9.78 Å². The summed E-state index contributed by atoms with van der Waals surface area (Å²) < 4.78 is 46.5. The average molecular weight is 499 g/mol. The van der Waals surface area contributed by atoms with Crippen molar-refractivity contribution in [2.45, 2.75) is 37.6 Å². The first kappa shape index (κ1) is 24.2. The molecule has 2 aromatic heterocycles. The smallest absolute Gasteiger partial charge is 0.378 e. The summed E-state index contributed by atoms with van der Waals surface area (Å²) in [5, 5.41) is 9.37. The first-order chi connectivity index (χ1) is 17.2. The highest BCUT2D eigenvalue weighted by Crippen LogP contribution is 2.36. The molecule has 0 N–H and O–H groups in total. The van der Waals surface area contributed by atoms with Crippen molar-refractivity contribution >= 4 is 16.9 Å². The molecule has 0 bridgehead atoms. The Morgan fingerprint density at radius 3 is 2.53 bits per heavy atom. The summed E-state index contributed by atoms with van der Waals surface area (Å²) in [5.41, 5.74) is 0.989. The third kappa shape index (κ3) is 4.20. The number of alkyl halides is 3. The summed E-state index contributed by atoms with van der Waals surface area (Å²) in [6.45, 7) is 4.00. The second kappa shape index (κ2) is 9.19. The number of fused-ring (bicyclic) bond motifs is 2. The van der Waals surface area contributed by atoms with E-state index in [0.717, 1.165) is 24.1 Å². The van der Waals surface area contributed by atoms with Crippen LogP contribution in [0.2, 0.25) is 0 Å². The molecular weight excluding hydrogens is 473 g/mol. The quantitative estimate of drug-likeness (QED) is 0.548. The van der Waals surface area contributed by atoms with Crippen molar-refractivity contribution < 1.29 is 17.9 Å². The van der Waals surface area contributed by atoms with E-state index in [-0.39, 0.29) is 23.8 Å². The maximum atomic E-state index is 13.1. The Morgan fingerprint density at radius 1 is 1.11 bits per heavy atom. The highest BCUT2D eigenvalue weighted by Gasteiger charge is 2.41. The SMILES string of the molecule is CC[C@H]1CN2[C@@H](COC[C@@H]2c2ccc(C(F)(F)F)cc2)CN1c1nc(=O)n(C)c2ccc(C#N)nc12. The number of halogens is 3. The van der Waals surface area contributed by atoms with Crippen LogP contribution in [0.3, 0.4) is 0 Å². The van der Waals surface area contributed by atoms with Crippen molar-refractivity contribution in [3.8, 4) is 6.07 Å². The van der Waals surface area contributed by atoms with E-state index in [9.17, 15) is 23.2 Å². The van der Waals surface area contributed by atoms with E-state index in [0.29, 0.717) is 43.2 Å². The van der Waals surface area contributed by atoms with Crippen molar-refractivity contribution in [1.82, 2.24) is 19.4 Å². The second-order valence-corrected chi connectivity index (χ2v) is 9.19. The van der Waals surface area contributed by atoms with Crippen LogP contribution in [0.25, 0.3) is 11.0 Å². The van der Waals surface area contributed by atoms with Gasteiger partial charge in [0.25, 0.3) is 0 Å². The molecular formula is C25H25F3N6O2. The van der Waals surface area contributed by atoms with Crippen LogP contribution in [0.4, 0.5) is 19.0 Å². The Labute approximate surface area is 205 Å². The number of rotatable bonds is 3. The third-order valence-corrected chi connectivity index (χ3v) is 7.14. The van der Waals surface area contributed by atoms with Crippen molar-refractivity contribution in [2.75, 3.05) is 31.2 Å². The van der Waals surface area contributed by atoms with Crippen molar-refractivity contribution in [3.05, 3.63) is 63.7 Å². The van der Waals surface area contributed by atoms with Crippen LogP contribution >= 0.6 is 0 Å². The van der Waals surface area contributed by atoms with Crippen LogP contribution in [0.1, 0.15) is 36.2 Å². The number of pyridine rings is 1. The Hall–Kier alpha value is -3.49. The van der Waals surface area contributed by atoms with Gasteiger partial charge in [0.1, 0.15) is 17.3 Å². The third-order valence-electron chi connectivity index (χ3n) is 7.14. The molecule has 0 saturated carbocycles. The van der Waals surface area contributed by atoms with Crippen molar-refractivity contribution in [2.24, 2.45) is 7.05 Å². The number of aromatic nitrogens is 3. The standard InChI is InChI=1S/C25H25F3N6O2/c1-3-18-11-33-19(13-36-14-21(33)15-4-6-16(7-5-15)25(26,27)28)12-34(18)23-22-20(32(2)24(35)31-23)9-8-17(10-29)30-22/h4-9,18-19,21H,3,11-14H2,1-2H3/t18-,19+,21+/m0/s1. The predicted octanol–water partition coefficient (Wildman–Crippen LogP) is 3.26. The molecule has 4 heterocycles. The predicted molar refractivity (Wildman–Crippen MR) is 126 cm³/mol. The van der Waals surface area contributed by atoms with Gasteiger partial charge in [0.15, 0.2) is 5.82 Å². The second-order valence-electron chi connectivity index (χ2n) is 9.19. The van der Waals surface area contributed by atoms with Gasteiger partial charge in [-0.2, -0.15) is 23.4 Å². The summed E-state index contributed by atoms with van der Waals surface area (Å²) in [7, 11) is 1.62.